The Balaban J connectivity index is 2.05. The highest BCUT2D eigenvalue weighted by Crippen LogP contribution is 2.25. The van der Waals surface area contributed by atoms with Crippen molar-refractivity contribution in [3.63, 3.8) is 0 Å². The fourth-order valence-corrected chi connectivity index (χ4v) is 2.56. The van der Waals surface area contributed by atoms with E-state index in [1.807, 2.05) is 30.6 Å². The summed E-state index contributed by atoms with van der Waals surface area (Å²) in [5.41, 5.74) is 0. The van der Waals surface area contributed by atoms with E-state index < -0.39 is 0 Å². The van der Waals surface area contributed by atoms with Crippen molar-refractivity contribution in [1.29, 1.82) is 0 Å². The summed E-state index contributed by atoms with van der Waals surface area (Å²) in [4.78, 5) is 2.80. The second kappa shape index (κ2) is 4.70. The Morgan fingerprint density at radius 3 is 2.81 bits per heavy atom. The van der Waals surface area contributed by atoms with E-state index in [9.17, 15) is 0 Å². The highest BCUT2D eigenvalue weighted by molar-refractivity contribution is 7.12. The molecule has 2 heterocycles. The van der Waals surface area contributed by atoms with Crippen LogP contribution in [0.4, 0.5) is 5.82 Å². The van der Waals surface area contributed by atoms with E-state index in [2.05, 4.69) is 36.4 Å². The summed E-state index contributed by atoms with van der Waals surface area (Å²) < 4.78 is 1.81. The van der Waals surface area contributed by atoms with Gasteiger partial charge in [-0.2, -0.15) is 5.10 Å². The lowest BCUT2D eigenvalue weighted by Crippen LogP contribution is -2.05. The van der Waals surface area contributed by atoms with Crippen molar-refractivity contribution in [2.24, 2.45) is 7.05 Å². The largest absolute Gasteiger partial charge is 0.361 e. The summed E-state index contributed by atoms with van der Waals surface area (Å²) in [5.74, 6) is 0.932. The molecule has 3 nitrogen and oxygen atoms in total. The maximum atomic E-state index is 4.31. The lowest BCUT2D eigenvalue weighted by Gasteiger charge is -2.10. The summed E-state index contributed by atoms with van der Waals surface area (Å²) >= 11 is 1.87. The van der Waals surface area contributed by atoms with Gasteiger partial charge in [0.2, 0.25) is 0 Å². The van der Waals surface area contributed by atoms with Gasteiger partial charge in [-0.1, -0.05) is 6.92 Å². The first-order valence-electron chi connectivity index (χ1n) is 5.54. The van der Waals surface area contributed by atoms with E-state index in [0.717, 1.165) is 12.2 Å². The van der Waals surface area contributed by atoms with Gasteiger partial charge in [0.25, 0.3) is 0 Å². The van der Waals surface area contributed by atoms with Gasteiger partial charge in [-0.05, 0) is 25.5 Å². The van der Waals surface area contributed by atoms with Crippen molar-refractivity contribution in [3.05, 3.63) is 34.2 Å². The fraction of sp³-hybridized carbons (Fsp3) is 0.417. The number of rotatable bonds is 4. The van der Waals surface area contributed by atoms with Crippen molar-refractivity contribution >= 4 is 17.2 Å². The second-order valence-electron chi connectivity index (χ2n) is 3.90. The Bertz CT molecular complexity index is 458. The number of nitrogens with zero attached hydrogens (tertiary/aromatic N) is 2. The standard InChI is InChI=1S/C12H17N3S/c1-4-10-5-6-11(16-10)9(2)13-12-7-8-15(3)14-12/h5-9H,4H2,1-3H3,(H,13,14). The van der Waals surface area contributed by atoms with E-state index in [0.29, 0.717) is 6.04 Å². The summed E-state index contributed by atoms with van der Waals surface area (Å²) in [6.45, 7) is 4.35. The molecule has 1 N–H and O–H groups in total. The van der Waals surface area contributed by atoms with Crippen molar-refractivity contribution in [3.8, 4) is 0 Å². The number of anilines is 1. The molecule has 2 rings (SSSR count). The molecule has 86 valence electrons. The smallest absolute Gasteiger partial charge is 0.148 e. The zero-order chi connectivity index (χ0) is 11.5. The van der Waals surface area contributed by atoms with E-state index in [1.54, 1.807) is 4.68 Å². The van der Waals surface area contributed by atoms with Crippen LogP contribution in [0.2, 0.25) is 0 Å². The normalized spacial score (nSPS) is 12.7. The molecule has 1 unspecified atom stereocenters. The maximum absolute atomic E-state index is 4.31. The predicted molar refractivity (Wildman–Crippen MR) is 68.9 cm³/mol. The number of aryl methyl sites for hydroxylation is 2. The maximum Gasteiger partial charge on any atom is 0.148 e. The van der Waals surface area contributed by atoms with Gasteiger partial charge < -0.3 is 5.32 Å². The van der Waals surface area contributed by atoms with E-state index in [1.165, 1.54) is 9.75 Å². The zero-order valence-electron chi connectivity index (χ0n) is 9.90. The van der Waals surface area contributed by atoms with Gasteiger partial charge in [0.05, 0.1) is 6.04 Å². The van der Waals surface area contributed by atoms with Gasteiger partial charge in [-0.25, -0.2) is 0 Å². The molecular formula is C12H17N3S. The molecule has 0 saturated heterocycles. The predicted octanol–water partition coefficient (Wildman–Crippen LogP) is 3.22. The van der Waals surface area contributed by atoms with Crippen LogP contribution in [0.5, 0.6) is 0 Å². The third kappa shape index (κ3) is 2.44. The van der Waals surface area contributed by atoms with Crippen LogP contribution in [-0.2, 0) is 13.5 Å². The molecule has 0 aliphatic rings. The Morgan fingerprint density at radius 2 is 2.25 bits per heavy atom. The van der Waals surface area contributed by atoms with Crippen LogP contribution < -0.4 is 5.32 Å². The van der Waals surface area contributed by atoms with Crippen molar-refractivity contribution in [2.45, 2.75) is 26.3 Å². The van der Waals surface area contributed by atoms with Crippen molar-refractivity contribution in [2.75, 3.05) is 5.32 Å². The first-order valence-corrected chi connectivity index (χ1v) is 6.35. The summed E-state index contributed by atoms with van der Waals surface area (Å²) in [6, 6.07) is 6.71. The van der Waals surface area contributed by atoms with Gasteiger partial charge in [0.1, 0.15) is 5.82 Å². The van der Waals surface area contributed by atoms with Gasteiger partial charge in [-0.3, -0.25) is 4.68 Å². The Morgan fingerprint density at radius 1 is 1.44 bits per heavy atom. The Kier molecular flexibility index (Phi) is 3.29. The molecule has 16 heavy (non-hydrogen) atoms. The average molecular weight is 235 g/mol. The summed E-state index contributed by atoms with van der Waals surface area (Å²) in [6.07, 6.45) is 3.06. The zero-order valence-corrected chi connectivity index (χ0v) is 10.7. The van der Waals surface area contributed by atoms with Gasteiger partial charge >= 0.3 is 0 Å². The van der Waals surface area contributed by atoms with E-state index in [-0.39, 0.29) is 0 Å². The number of aromatic nitrogens is 2. The minimum absolute atomic E-state index is 0.320. The monoisotopic (exact) mass is 235 g/mol. The van der Waals surface area contributed by atoms with Gasteiger partial charge in [0.15, 0.2) is 0 Å². The molecule has 0 radical (unpaired) electrons. The molecule has 1 atom stereocenters. The Hall–Kier alpha value is -1.29. The highest BCUT2D eigenvalue weighted by atomic mass is 32.1. The second-order valence-corrected chi connectivity index (χ2v) is 5.10. The molecule has 0 aliphatic carbocycles. The first kappa shape index (κ1) is 11.2. The molecule has 0 aromatic carbocycles. The van der Waals surface area contributed by atoms with Crippen molar-refractivity contribution in [1.82, 2.24) is 9.78 Å². The number of thiophene rings is 1. The highest BCUT2D eigenvalue weighted by Gasteiger charge is 2.09. The van der Waals surface area contributed by atoms with Gasteiger partial charge in [0, 0.05) is 29.1 Å². The fourth-order valence-electron chi connectivity index (χ4n) is 1.60. The first-order chi connectivity index (χ1) is 7.69. The molecule has 4 heteroatoms. The van der Waals surface area contributed by atoms with Crippen LogP contribution in [0, 0.1) is 0 Å². The topological polar surface area (TPSA) is 29.9 Å². The van der Waals surface area contributed by atoms with Crippen LogP contribution in [0.25, 0.3) is 0 Å². The molecule has 2 aromatic heterocycles. The van der Waals surface area contributed by atoms with Crippen LogP contribution >= 0.6 is 11.3 Å². The molecule has 0 fully saturated rings. The number of hydrogen-bond donors (Lipinski definition) is 1. The Labute approximate surface area is 100 Å². The number of hydrogen-bond acceptors (Lipinski definition) is 3. The molecule has 0 saturated carbocycles. The minimum Gasteiger partial charge on any atom is -0.361 e. The SMILES string of the molecule is CCc1ccc(C(C)Nc2ccn(C)n2)s1. The van der Waals surface area contributed by atoms with Crippen LogP contribution in [0.1, 0.15) is 29.6 Å². The quantitative estimate of drug-likeness (QED) is 0.882. The van der Waals surface area contributed by atoms with Crippen molar-refractivity contribution < 1.29 is 0 Å². The molecule has 2 aromatic rings. The number of nitrogens with one attached hydrogen (secondary N) is 1. The van der Waals surface area contributed by atoms with Gasteiger partial charge in [-0.15, -0.1) is 11.3 Å². The third-order valence-electron chi connectivity index (χ3n) is 2.54. The van der Waals surface area contributed by atoms with E-state index in [4.69, 9.17) is 0 Å². The molecule has 0 aliphatic heterocycles. The van der Waals surface area contributed by atoms with Crippen LogP contribution in [-0.4, -0.2) is 9.78 Å². The summed E-state index contributed by atoms with van der Waals surface area (Å²) in [7, 11) is 1.93. The van der Waals surface area contributed by atoms with E-state index >= 15 is 0 Å². The average Bonchev–Trinajstić information content (AvgIpc) is 2.87. The van der Waals surface area contributed by atoms with Crippen LogP contribution in [0.15, 0.2) is 24.4 Å². The lowest BCUT2D eigenvalue weighted by molar-refractivity contribution is 0.761. The molecule has 0 bridgehead atoms. The lowest BCUT2D eigenvalue weighted by atomic mass is 10.2. The molecular weight excluding hydrogens is 218 g/mol. The van der Waals surface area contributed by atoms with Crippen LogP contribution in [0.3, 0.4) is 0 Å². The minimum atomic E-state index is 0.320. The molecule has 0 amide bonds. The summed E-state index contributed by atoms with van der Waals surface area (Å²) in [5, 5.41) is 7.71. The third-order valence-corrected chi connectivity index (χ3v) is 3.95. The molecule has 0 spiro atoms.